The zero-order valence-electron chi connectivity index (χ0n) is 8.44. The van der Waals surface area contributed by atoms with Crippen molar-refractivity contribution >= 4 is 23.4 Å². The third-order valence-corrected chi connectivity index (χ3v) is 2.94. The molecular weight excluding hydrogens is 302 g/mol. The van der Waals surface area contributed by atoms with Crippen LogP contribution < -0.4 is 0 Å². The van der Waals surface area contributed by atoms with Crippen molar-refractivity contribution in [2.45, 2.75) is 17.2 Å². The first-order valence-corrected chi connectivity index (χ1v) is 5.57. The van der Waals surface area contributed by atoms with E-state index in [9.17, 15) is 26.3 Å². The Kier molecular flexibility index (Phi) is 4.61. The lowest BCUT2D eigenvalue weighted by Gasteiger charge is -2.12. The normalized spacial score (nSPS) is 13.8. The van der Waals surface area contributed by atoms with Gasteiger partial charge in [-0.1, -0.05) is 23.4 Å². The van der Waals surface area contributed by atoms with E-state index in [1.54, 1.807) is 0 Å². The minimum atomic E-state index is -5.06. The van der Waals surface area contributed by atoms with Crippen LogP contribution in [0.5, 0.6) is 0 Å². The van der Waals surface area contributed by atoms with Crippen LogP contribution in [-0.2, 0) is 0 Å². The van der Waals surface area contributed by atoms with E-state index in [2.05, 4.69) is 0 Å². The van der Waals surface area contributed by atoms with Crippen molar-refractivity contribution in [1.29, 1.82) is 0 Å². The Morgan fingerprint density at radius 1 is 1.00 bits per heavy atom. The molecule has 18 heavy (non-hydrogen) atoms. The van der Waals surface area contributed by atoms with Crippen LogP contribution in [0, 0.1) is 0 Å². The van der Waals surface area contributed by atoms with Gasteiger partial charge in [-0.15, -0.1) is 0 Å². The summed E-state index contributed by atoms with van der Waals surface area (Å²) in [5, 5.41) is 0.285. The summed E-state index contributed by atoms with van der Waals surface area (Å²) in [6.45, 7) is 0. The van der Waals surface area contributed by atoms with Crippen LogP contribution >= 0.6 is 23.4 Å². The predicted octanol–water partition coefficient (Wildman–Crippen LogP) is 5.44. The van der Waals surface area contributed by atoms with Crippen LogP contribution in [-0.4, -0.2) is 12.4 Å². The van der Waals surface area contributed by atoms with Crippen molar-refractivity contribution in [3.63, 3.8) is 0 Å². The lowest BCUT2D eigenvalue weighted by molar-refractivity contribution is -0.101. The Morgan fingerprint density at radius 3 is 1.89 bits per heavy atom. The molecule has 0 spiro atoms. The van der Waals surface area contributed by atoms with Crippen LogP contribution in [0.15, 0.2) is 40.1 Å². The Hall–Kier alpha value is -0.820. The maximum absolute atomic E-state index is 12.4. The maximum Gasteiger partial charge on any atom is 0.422 e. The van der Waals surface area contributed by atoms with Crippen molar-refractivity contribution in [2.24, 2.45) is 0 Å². The molecule has 0 amide bonds. The minimum Gasteiger partial charge on any atom is -0.167 e. The summed E-state index contributed by atoms with van der Waals surface area (Å²) in [5.74, 6) is 0. The topological polar surface area (TPSA) is 0 Å². The first-order chi connectivity index (χ1) is 8.08. The van der Waals surface area contributed by atoms with Gasteiger partial charge in [-0.3, -0.25) is 0 Å². The molecular formula is C10H5ClF6S. The molecule has 0 saturated carbocycles. The second kappa shape index (κ2) is 5.44. The molecule has 0 heterocycles. The Morgan fingerprint density at radius 2 is 1.50 bits per heavy atom. The van der Waals surface area contributed by atoms with Gasteiger partial charge in [0.05, 0.1) is 4.91 Å². The molecule has 0 aliphatic rings. The minimum absolute atomic E-state index is 0.0113. The van der Waals surface area contributed by atoms with Crippen LogP contribution in [0.3, 0.4) is 0 Å². The summed E-state index contributed by atoms with van der Waals surface area (Å²) in [5.41, 5.74) is 0. The lowest BCUT2D eigenvalue weighted by Crippen LogP contribution is -2.14. The summed E-state index contributed by atoms with van der Waals surface area (Å²) in [6, 6.07) is 5.02. The van der Waals surface area contributed by atoms with Crippen molar-refractivity contribution < 1.29 is 26.3 Å². The summed E-state index contributed by atoms with van der Waals surface area (Å²) >= 11 is 5.51. The summed E-state index contributed by atoms with van der Waals surface area (Å²) in [7, 11) is 0. The fraction of sp³-hybridized carbons (Fsp3) is 0.200. The molecule has 100 valence electrons. The molecule has 1 rings (SSSR count). The van der Waals surface area contributed by atoms with Crippen molar-refractivity contribution in [3.05, 3.63) is 40.3 Å². The lowest BCUT2D eigenvalue weighted by atomic mass is 10.4. The number of rotatable bonds is 2. The SMILES string of the molecule is FC(F)(F)/C=C(\Sc1ccc(Cl)cc1)C(F)(F)F. The predicted molar refractivity (Wildman–Crippen MR) is 57.5 cm³/mol. The second-order valence-corrected chi connectivity index (χ2v) is 4.66. The Labute approximate surface area is 108 Å². The molecule has 0 aromatic heterocycles. The zero-order valence-corrected chi connectivity index (χ0v) is 10.0. The highest BCUT2D eigenvalue weighted by atomic mass is 35.5. The van der Waals surface area contributed by atoms with Crippen molar-refractivity contribution in [2.75, 3.05) is 0 Å². The highest BCUT2D eigenvalue weighted by molar-refractivity contribution is 8.03. The van der Waals surface area contributed by atoms with Crippen LogP contribution in [0.2, 0.25) is 5.02 Å². The standard InChI is InChI=1S/C10H5ClF6S/c11-6-1-3-7(4-2-6)18-8(10(15,16)17)5-9(12,13)14/h1-5H/b8-5-. The van der Waals surface area contributed by atoms with E-state index < -0.39 is 23.3 Å². The van der Waals surface area contributed by atoms with Gasteiger partial charge in [-0.2, -0.15) is 26.3 Å². The van der Waals surface area contributed by atoms with Gasteiger partial charge in [0.25, 0.3) is 0 Å². The molecule has 0 atom stereocenters. The van der Waals surface area contributed by atoms with Crippen molar-refractivity contribution in [3.8, 4) is 0 Å². The monoisotopic (exact) mass is 306 g/mol. The van der Waals surface area contributed by atoms with E-state index in [-0.39, 0.29) is 21.7 Å². The summed E-state index contributed by atoms with van der Waals surface area (Å²) in [4.78, 5) is -1.70. The Balaban J connectivity index is 3.00. The van der Waals surface area contributed by atoms with E-state index in [1.807, 2.05) is 0 Å². The quantitative estimate of drug-likeness (QED) is 0.518. The van der Waals surface area contributed by atoms with Gasteiger partial charge < -0.3 is 0 Å². The Bertz CT molecular complexity index is 431. The number of alkyl halides is 6. The maximum atomic E-state index is 12.4. The van der Waals surface area contributed by atoms with E-state index in [1.165, 1.54) is 24.3 Å². The van der Waals surface area contributed by atoms with E-state index >= 15 is 0 Å². The molecule has 0 aliphatic carbocycles. The number of hydrogen-bond donors (Lipinski definition) is 0. The fourth-order valence-corrected chi connectivity index (χ4v) is 1.91. The molecule has 0 nitrogen and oxygen atoms in total. The van der Waals surface area contributed by atoms with Crippen LogP contribution in [0.1, 0.15) is 0 Å². The molecule has 8 heteroatoms. The number of allylic oxidation sites excluding steroid dienone is 2. The van der Waals surface area contributed by atoms with Gasteiger partial charge in [-0.25, -0.2) is 0 Å². The van der Waals surface area contributed by atoms with Gasteiger partial charge in [0.1, 0.15) is 0 Å². The molecule has 0 fully saturated rings. The zero-order chi connectivity index (χ0) is 14.0. The van der Waals surface area contributed by atoms with Gasteiger partial charge in [0, 0.05) is 16.0 Å². The van der Waals surface area contributed by atoms with Gasteiger partial charge >= 0.3 is 12.4 Å². The average Bonchev–Trinajstić information content (AvgIpc) is 2.17. The fourth-order valence-electron chi connectivity index (χ4n) is 0.947. The molecule has 0 aliphatic heterocycles. The first-order valence-electron chi connectivity index (χ1n) is 4.38. The number of halogens is 7. The van der Waals surface area contributed by atoms with Crippen LogP contribution in [0.4, 0.5) is 26.3 Å². The summed E-state index contributed by atoms with van der Waals surface area (Å²) in [6.07, 6.45) is -10.8. The molecule has 1 aromatic rings. The van der Waals surface area contributed by atoms with Gasteiger partial charge in [-0.05, 0) is 24.3 Å². The van der Waals surface area contributed by atoms with Gasteiger partial charge in [0.2, 0.25) is 0 Å². The molecule has 0 unspecified atom stereocenters. The molecule has 1 aromatic carbocycles. The molecule has 0 saturated heterocycles. The number of benzene rings is 1. The van der Waals surface area contributed by atoms with E-state index in [4.69, 9.17) is 11.6 Å². The van der Waals surface area contributed by atoms with Gasteiger partial charge in [0.15, 0.2) is 0 Å². The third kappa shape index (κ3) is 5.22. The van der Waals surface area contributed by atoms with E-state index in [0.29, 0.717) is 0 Å². The molecule has 0 radical (unpaired) electrons. The van der Waals surface area contributed by atoms with Crippen molar-refractivity contribution in [1.82, 2.24) is 0 Å². The molecule has 0 N–H and O–H groups in total. The highest BCUT2D eigenvalue weighted by Gasteiger charge is 2.39. The van der Waals surface area contributed by atoms with Crippen LogP contribution in [0.25, 0.3) is 0 Å². The number of thioether (sulfide) groups is 1. The summed E-state index contributed by atoms with van der Waals surface area (Å²) < 4.78 is 73.2. The smallest absolute Gasteiger partial charge is 0.167 e. The largest absolute Gasteiger partial charge is 0.422 e. The average molecular weight is 307 g/mol. The highest BCUT2D eigenvalue weighted by Crippen LogP contribution is 2.41. The first kappa shape index (κ1) is 15.2. The third-order valence-electron chi connectivity index (χ3n) is 1.62. The number of hydrogen-bond acceptors (Lipinski definition) is 1. The van der Waals surface area contributed by atoms with E-state index in [0.717, 1.165) is 0 Å². The molecule has 0 bridgehead atoms. The second-order valence-electron chi connectivity index (χ2n) is 3.10.